The zero-order valence-corrected chi connectivity index (χ0v) is 11.3. The van der Waals surface area contributed by atoms with Crippen molar-refractivity contribution in [2.45, 2.75) is 20.4 Å². The first-order valence-corrected chi connectivity index (χ1v) is 6.13. The summed E-state index contributed by atoms with van der Waals surface area (Å²) in [6, 6.07) is 3.44. The van der Waals surface area contributed by atoms with Crippen molar-refractivity contribution >= 4 is 16.9 Å². The summed E-state index contributed by atoms with van der Waals surface area (Å²) in [5, 5.41) is 16.9. The van der Waals surface area contributed by atoms with Crippen LogP contribution in [0.15, 0.2) is 25.9 Å². The summed E-state index contributed by atoms with van der Waals surface area (Å²) in [5.74, 6) is 0.177. The number of furan rings is 1. The summed E-state index contributed by atoms with van der Waals surface area (Å²) in [6.45, 7) is 3.32. The van der Waals surface area contributed by atoms with Crippen LogP contribution in [0.2, 0.25) is 0 Å². The highest BCUT2D eigenvalue weighted by atomic mass is 16.5. The van der Waals surface area contributed by atoms with E-state index in [9.17, 15) is 14.7 Å². The molecule has 3 aromatic heterocycles. The van der Waals surface area contributed by atoms with Gasteiger partial charge in [-0.05, 0) is 26.0 Å². The van der Waals surface area contributed by atoms with Gasteiger partial charge in [0.25, 0.3) is 5.56 Å². The molecule has 0 spiro atoms. The van der Waals surface area contributed by atoms with Gasteiger partial charge in [-0.3, -0.25) is 4.79 Å². The average Bonchev–Trinajstić information content (AvgIpc) is 3.00. The van der Waals surface area contributed by atoms with Crippen molar-refractivity contribution in [3.63, 3.8) is 0 Å². The lowest BCUT2D eigenvalue weighted by Crippen LogP contribution is -2.26. The molecule has 0 radical (unpaired) electrons. The van der Waals surface area contributed by atoms with Crippen LogP contribution in [-0.4, -0.2) is 26.0 Å². The SMILES string of the molecule is Cc1ccc(Cn2nc(C(=O)O)c3c(C)onc3c2=O)o1. The molecule has 0 aromatic carbocycles. The maximum Gasteiger partial charge on any atom is 0.357 e. The van der Waals surface area contributed by atoms with Gasteiger partial charge in [-0.2, -0.15) is 5.10 Å². The minimum atomic E-state index is -1.25. The van der Waals surface area contributed by atoms with Gasteiger partial charge in [-0.15, -0.1) is 0 Å². The van der Waals surface area contributed by atoms with E-state index in [1.54, 1.807) is 19.1 Å². The second-order valence-electron chi connectivity index (χ2n) is 4.59. The fraction of sp³-hybridized carbons (Fsp3) is 0.231. The van der Waals surface area contributed by atoms with Gasteiger partial charge in [0, 0.05) is 0 Å². The Bertz CT molecular complexity index is 902. The lowest BCUT2D eigenvalue weighted by Gasteiger charge is -2.04. The number of hydrogen-bond acceptors (Lipinski definition) is 6. The molecule has 3 aromatic rings. The minimum absolute atomic E-state index is 0.0226. The highest BCUT2D eigenvalue weighted by molar-refractivity contribution is 6.00. The molecule has 0 fully saturated rings. The Morgan fingerprint density at radius 1 is 1.38 bits per heavy atom. The Hall–Kier alpha value is -2.90. The molecule has 1 N–H and O–H groups in total. The van der Waals surface area contributed by atoms with Crippen LogP contribution in [0.3, 0.4) is 0 Å². The van der Waals surface area contributed by atoms with E-state index in [-0.39, 0.29) is 28.9 Å². The molecule has 0 bridgehead atoms. The third kappa shape index (κ3) is 2.10. The molecule has 0 saturated carbocycles. The monoisotopic (exact) mass is 289 g/mol. The standard InChI is InChI=1S/C13H11N3O5/c1-6-3-4-8(20-6)5-16-12(17)10-9(7(2)21-15-10)11(14-16)13(18)19/h3-4H,5H2,1-2H3,(H,18,19). The Kier molecular flexibility index (Phi) is 2.86. The zero-order valence-electron chi connectivity index (χ0n) is 11.3. The number of carboxylic acids is 1. The van der Waals surface area contributed by atoms with E-state index in [1.807, 2.05) is 0 Å². The van der Waals surface area contributed by atoms with Crippen molar-refractivity contribution < 1.29 is 18.8 Å². The predicted molar refractivity (Wildman–Crippen MR) is 70.3 cm³/mol. The number of carbonyl (C=O) groups is 1. The molecule has 21 heavy (non-hydrogen) atoms. The maximum atomic E-state index is 12.3. The molecular weight excluding hydrogens is 278 g/mol. The first-order chi connectivity index (χ1) is 9.97. The van der Waals surface area contributed by atoms with Crippen LogP contribution in [0, 0.1) is 13.8 Å². The summed E-state index contributed by atoms with van der Waals surface area (Å²) in [4.78, 5) is 23.6. The van der Waals surface area contributed by atoms with Gasteiger partial charge in [-0.1, -0.05) is 5.16 Å². The van der Waals surface area contributed by atoms with E-state index in [2.05, 4.69) is 10.3 Å². The van der Waals surface area contributed by atoms with Crippen LogP contribution in [-0.2, 0) is 6.54 Å². The van der Waals surface area contributed by atoms with Crippen molar-refractivity contribution in [3.8, 4) is 0 Å². The molecule has 8 nitrogen and oxygen atoms in total. The fourth-order valence-electron chi connectivity index (χ4n) is 2.11. The van der Waals surface area contributed by atoms with Crippen LogP contribution < -0.4 is 5.56 Å². The Labute approximate surface area is 117 Å². The van der Waals surface area contributed by atoms with Gasteiger partial charge < -0.3 is 14.0 Å². The summed E-state index contributed by atoms with van der Waals surface area (Å²) < 4.78 is 11.3. The molecule has 8 heteroatoms. The van der Waals surface area contributed by atoms with Crippen LogP contribution >= 0.6 is 0 Å². The number of fused-ring (bicyclic) bond motifs is 1. The number of aryl methyl sites for hydroxylation is 2. The van der Waals surface area contributed by atoms with Crippen LogP contribution in [0.5, 0.6) is 0 Å². The van der Waals surface area contributed by atoms with E-state index in [0.717, 1.165) is 4.68 Å². The molecule has 0 saturated heterocycles. The van der Waals surface area contributed by atoms with Crippen molar-refractivity contribution in [2.75, 3.05) is 0 Å². The van der Waals surface area contributed by atoms with Crippen molar-refractivity contribution in [2.24, 2.45) is 0 Å². The molecular formula is C13H11N3O5. The van der Waals surface area contributed by atoms with Crippen molar-refractivity contribution in [1.29, 1.82) is 0 Å². The van der Waals surface area contributed by atoms with E-state index in [0.29, 0.717) is 11.5 Å². The third-order valence-corrected chi connectivity index (χ3v) is 3.06. The van der Waals surface area contributed by atoms with Crippen molar-refractivity contribution in [1.82, 2.24) is 14.9 Å². The molecule has 0 aliphatic carbocycles. The lowest BCUT2D eigenvalue weighted by molar-refractivity contribution is 0.0689. The zero-order chi connectivity index (χ0) is 15.1. The molecule has 3 rings (SSSR count). The van der Waals surface area contributed by atoms with Crippen LogP contribution in [0.25, 0.3) is 10.9 Å². The minimum Gasteiger partial charge on any atom is -0.476 e. The Balaban J connectivity index is 2.21. The molecule has 108 valence electrons. The highest BCUT2D eigenvalue weighted by Gasteiger charge is 2.22. The molecule has 0 atom stereocenters. The Morgan fingerprint density at radius 2 is 2.14 bits per heavy atom. The van der Waals surface area contributed by atoms with Gasteiger partial charge in [-0.25, -0.2) is 9.48 Å². The van der Waals surface area contributed by atoms with E-state index >= 15 is 0 Å². The second kappa shape index (κ2) is 4.58. The van der Waals surface area contributed by atoms with E-state index < -0.39 is 11.5 Å². The predicted octanol–water partition coefficient (Wildman–Crippen LogP) is 1.34. The number of hydrogen-bond donors (Lipinski definition) is 1. The first kappa shape index (κ1) is 13.1. The third-order valence-electron chi connectivity index (χ3n) is 3.06. The topological polar surface area (TPSA) is 111 Å². The molecule has 0 amide bonds. The maximum absolute atomic E-state index is 12.3. The van der Waals surface area contributed by atoms with Gasteiger partial charge >= 0.3 is 5.97 Å². The molecule has 0 aliphatic rings. The van der Waals surface area contributed by atoms with Crippen LogP contribution in [0.1, 0.15) is 27.8 Å². The summed E-state index contributed by atoms with van der Waals surface area (Å²) in [7, 11) is 0. The van der Waals surface area contributed by atoms with Gasteiger partial charge in [0.2, 0.25) is 0 Å². The fourth-order valence-corrected chi connectivity index (χ4v) is 2.11. The highest BCUT2D eigenvalue weighted by Crippen LogP contribution is 2.18. The lowest BCUT2D eigenvalue weighted by atomic mass is 10.2. The molecule has 0 aliphatic heterocycles. The average molecular weight is 289 g/mol. The second-order valence-corrected chi connectivity index (χ2v) is 4.59. The number of aromatic nitrogens is 3. The largest absolute Gasteiger partial charge is 0.476 e. The normalized spacial score (nSPS) is 11.1. The Morgan fingerprint density at radius 3 is 2.76 bits per heavy atom. The quantitative estimate of drug-likeness (QED) is 0.774. The number of rotatable bonds is 3. The van der Waals surface area contributed by atoms with E-state index in [4.69, 9.17) is 8.94 Å². The summed E-state index contributed by atoms with van der Waals surface area (Å²) >= 11 is 0. The van der Waals surface area contributed by atoms with Gasteiger partial charge in [0.05, 0.1) is 5.39 Å². The summed E-state index contributed by atoms with van der Waals surface area (Å²) in [5.41, 5.74) is -0.851. The van der Waals surface area contributed by atoms with Gasteiger partial charge in [0.15, 0.2) is 11.2 Å². The van der Waals surface area contributed by atoms with Crippen LogP contribution in [0.4, 0.5) is 0 Å². The van der Waals surface area contributed by atoms with Gasteiger partial charge in [0.1, 0.15) is 23.8 Å². The van der Waals surface area contributed by atoms with E-state index in [1.165, 1.54) is 6.92 Å². The van der Waals surface area contributed by atoms with Crippen molar-refractivity contribution in [3.05, 3.63) is 45.5 Å². The smallest absolute Gasteiger partial charge is 0.357 e. The number of carboxylic acid groups (broad SMARTS) is 1. The number of aromatic carboxylic acids is 1. The number of nitrogens with zero attached hydrogens (tertiary/aromatic N) is 3. The summed E-state index contributed by atoms with van der Waals surface area (Å²) in [6.07, 6.45) is 0. The molecule has 0 unspecified atom stereocenters. The first-order valence-electron chi connectivity index (χ1n) is 6.13. The molecule has 3 heterocycles.